The molecule has 0 saturated carbocycles. The second kappa shape index (κ2) is 3.89. The molecule has 1 aromatic heterocycles. The normalized spacial score (nSPS) is 13.8. The fourth-order valence-electron chi connectivity index (χ4n) is 1.97. The third-order valence-corrected chi connectivity index (χ3v) is 3.06. The van der Waals surface area contributed by atoms with Crippen molar-refractivity contribution in [3.05, 3.63) is 52.8 Å². The molecule has 1 aliphatic rings. The molecule has 0 atom stereocenters. The van der Waals surface area contributed by atoms with Crippen molar-refractivity contribution in [2.24, 2.45) is 0 Å². The van der Waals surface area contributed by atoms with Crippen molar-refractivity contribution in [2.75, 3.05) is 0 Å². The van der Waals surface area contributed by atoms with Gasteiger partial charge in [0.25, 0.3) is 0 Å². The van der Waals surface area contributed by atoms with Crippen LogP contribution in [0.25, 0.3) is 11.1 Å². The topological polar surface area (TPSA) is 22.1 Å². The number of hydrogen-bond acceptors (Lipinski definition) is 2. The molecule has 16 heavy (non-hydrogen) atoms. The van der Waals surface area contributed by atoms with E-state index in [-0.39, 0.29) is 0 Å². The molecule has 0 spiro atoms. The third-order valence-electron chi connectivity index (χ3n) is 2.81. The molecule has 1 aromatic carbocycles. The van der Waals surface area contributed by atoms with Crippen molar-refractivity contribution in [1.82, 2.24) is 4.98 Å². The zero-order valence-corrected chi connectivity index (χ0v) is 9.37. The van der Waals surface area contributed by atoms with Gasteiger partial charge in [0, 0.05) is 28.5 Å². The summed E-state index contributed by atoms with van der Waals surface area (Å²) in [5.74, 6) is 0. The fourth-order valence-corrected chi connectivity index (χ4v) is 2.09. The van der Waals surface area contributed by atoms with Gasteiger partial charge in [0.05, 0.1) is 13.2 Å². The maximum Gasteiger partial charge on any atom is 0.0740 e. The Labute approximate surface area is 98.8 Å². The van der Waals surface area contributed by atoms with Crippen LogP contribution in [0.1, 0.15) is 11.1 Å². The minimum Gasteiger partial charge on any atom is -0.372 e. The van der Waals surface area contributed by atoms with E-state index in [0.29, 0.717) is 13.2 Å². The summed E-state index contributed by atoms with van der Waals surface area (Å²) >= 11 is 5.88. The number of fused-ring (bicyclic) bond motifs is 1. The molecule has 0 N–H and O–H groups in total. The van der Waals surface area contributed by atoms with Gasteiger partial charge in [0.2, 0.25) is 0 Å². The molecular weight excluding hydrogens is 222 g/mol. The number of aromatic nitrogens is 1. The smallest absolute Gasteiger partial charge is 0.0740 e. The molecule has 0 unspecified atom stereocenters. The van der Waals surface area contributed by atoms with Crippen molar-refractivity contribution in [3.63, 3.8) is 0 Å². The number of pyridine rings is 1. The van der Waals surface area contributed by atoms with Crippen LogP contribution in [-0.2, 0) is 18.0 Å². The van der Waals surface area contributed by atoms with Crippen molar-refractivity contribution in [2.45, 2.75) is 13.2 Å². The Kier molecular flexibility index (Phi) is 2.39. The monoisotopic (exact) mass is 231 g/mol. The molecule has 2 heterocycles. The molecule has 0 radical (unpaired) electrons. The van der Waals surface area contributed by atoms with E-state index >= 15 is 0 Å². The second-order valence-corrected chi connectivity index (χ2v) is 4.26. The number of ether oxygens (including phenoxy) is 1. The first-order chi connectivity index (χ1) is 7.84. The summed E-state index contributed by atoms with van der Waals surface area (Å²) < 4.78 is 5.43. The van der Waals surface area contributed by atoms with Crippen LogP contribution in [0.3, 0.4) is 0 Å². The third kappa shape index (κ3) is 1.60. The van der Waals surface area contributed by atoms with Crippen LogP contribution in [0.5, 0.6) is 0 Å². The molecule has 1 aliphatic heterocycles. The van der Waals surface area contributed by atoms with E-state index in [4.69, 9.17) is 16.3 Å². The Morgan fingerprint density at radius 1 is 1.06 bits per heavy atom. The van der Waals surface area contributed by atoms with Crippen molar-refractivity contribution in [3.8, 4) is 11.1 Å². The lowest BCUT2D eigenvalue weighted by atomic mass is 10.0. The van der Waals surface area contributed by atoms with Crippen molar-refractivity contribution in [1.29, 1.82) is 0 Å². The van der Waals surface area contributed by atoms with E-state index < -0.39 is 0 Å². The first kappa shape index (κ1) is 9.82. The fraction of sp³-hybridized carbons (Fsp3) is 0.154. The predicted octanol–water partition coefficient (Wildman–Crippen LogP) is 3.43. The number of halogens is 1. The summed E-state index contributed by atoms with van der Waals surface area (Å²) in [5.41, 5.74) is 4.72. The highest BCUT2D eigenvalue weighted by Gasteiger charge is 2.16. The first-order valence-corrected chi connectivity index (χ1v) is 5.52. The van der Waals surface area contributed by atoms with Gasteiger partial charge in [-0.05, 0) is 23.3 Å². The van der Waals surface area contributed by atoms with Gasteiger partial charge >= 0.3 is 0 Å². The van der Waals surface area contributed by atoms with Crippen LogP contribution >= 0.6 is 11.6 Å². The zero-order valence-electron chi connectivity index (χ0n) is 8.61. The Balaban J connectivity index is 2.13. The van der Waals surface area contributed by atoms with Crippen LogP contribution in [0.4, 0.5) is 0 Å². The summed E-state index contributed by atoms with van der Waals surface area (Å²) in [5, 5.41) is 0.750. The lowest BCUT2D eigenvalue weighted by Gasteiger charge is -2.06. The van der Waals surface area contributed by atoms with Gasteiger partial charge in [0.1, 0.15) is 0 Å². The van der Waals surface area contributed by atoms with Crippen molar-refractivity contribution < 1.29 is 4.74 Å². The van der Waals surface area contributed by atoms with E-state index in [9.17, 15) is 0 Å². The maximum absolute atomic E-state index is 5.88. The van der Waals surface area contributed by atoms with Gasteiger partial charge < -0.3 is 4.74 Å². The first-order valence-electron chi connectivity index (χ1n) is 5.14. The van der Waals surface area contributed by atoms with E-state index in [1.165, 1.54) is 11.1 Å². The highest BCUT2D eigenvalue weighted by Crippen LogP contribution is 2.30. The molecule has 0 bridgehead atoms. The van der Waals surface area contributed by atoms with E-state index in [0.717, 1.165) is 16.1 Å². The zero-order chi connectivity index (χ0) is 11.0. The van der Waals surface area contributed by atoms with E-state index in [2.05, 4.69) is 4.98 Å². The summed E-state index contributed by atoms with van der Waals surface area (Å²) in [6, 6.07) is 7.81. The van der Waals surface area contributed by atoms with Gasteiger partial charge in [-0.2, -0.15) is 0 Å². The number of benzene rings is 1. The molecule has 3 rings (SSSR count). The largest absolute Gasteiger partial charge is 0.372 e. The summed E-state index contributed by atoms with van der Waals surface area (Å²) in [6.07, 6.45) is 3.76. The van der Waals surface area contributed by atoms with Crippen LogP contribution in [-0.4, -0.2) is 4.98 Å². The molecular formula is C13H10ClNO. The summed E-state index contributed by atoms with van der Waals surface area (Å²) in [4.78, 5) is 4.24. The molecule has 2 aromatic rings. The average molecular weight is 232 g/mol. The van der Waals surface area contributed by atoms with Crippen molar-refractivity contribution >= 4 is 11.6 Å². The number of hydrogen-bond donors (Lipinski definition) is 0. The predicted molar refractivity (Wildman–Crippen MR) is 63.2 cm³/mol. The van der Waals surface area contributed by atoms with Gasteiger partial charge in [-0.3, -0.25) is 4.98 Å². The highest BCUT2D eigenvalue weighted by atomic mass is 35.5. The number of nitrogens with zero attached hydrogens (tertiary/aromatic N) is 1. The molecule has 3 heteroatoms. The van der Waals surface area contributed by atoms with Gasteiger partial charge in [0.15, 0.2) is 0 Å². The van der Waals surface area contributed by atoms with Gasteiger partial charge in [-0.15, -0.1) is 0 Å². The molecule has 2 nitrogen and oxygen atoms in total. The minimum absolute atomic E-state index is 0.670. The molecule has 0 aliphatic carbocycles. The van der Waals surface area contributed by atoms with Crippen LogP contribution in [0.15, 0.2) is 36.7 Å². The molecule has 80 valence electrons. The minimum atomic E-state index is 0.670. The lowest BCUT2D eigenvalue weighted by Crippen LogP contribution is -1.90. The Morgan fingerprint density at radius 2 is 1.88 bits per heavy atom. The Bertz CT molecular complexity index is 522. The van der Waals surface area contributed by atoms with E-state index in [1.807, 2.05) is 36.7 Å². The summed E-state index contributed by atoms with van der Waals surface area (Å²) in [7, 11) is 0. The number of rotatable bonds is 1. The second-order valence-electron chi connectivity index (χ2n) is 3.82. The molecule has 0 fully saturated rings. The van der Waals surface area contributed by atoms with Gasteiger partial charge in [-0.1, -0.05) is 23.7 Å². The van der Waals surface area contributed by atoms with Crippen LogP contribution < -0.4 is 0 Å². The Hall–Kier alpha value is -1.38. The average Bonchev–Trinajstić information content (AvgIpc) is 2.78. The van der Waals surface area contributed by atoms with E-state index in [1.54, 1.807) is 0 Å². The molecule has 0 amide bonds. The van der Waals surface area contributed by atoms with Crippen LogP contribution in [0.2, 0.25) is 5.02 Å². The SMILES string of the molecule is Clc1ccc(-c2cncc3c2COC3)cc1. The lowest BCUT2D eigenvalue weighted by molar-refractivity contribution is 0.134. The maximum atomic E-state index is 5.88. The summed E-state index contributed by atoms with van der Waals surface area (Å²) in [6.45, 7) is 1.35. The standard InChI is InChI=1S/C13H10ClNO/c14-11-3-1-9(2-4-11)12-6-15-5-10-7-16-8-13(10)12/h1-6H,7-8H2. The van der Waals surface area contributed by atoms with Gasteiger partial charge in [-0.25, -0.2) is 0 Å². The quantitative estimate of drug-likeness (QED) is 0.750. The van der Waals surface area contributed by atoms with Crippen LogP contribution in [0, 0.1) is 0 Å². The highest BCUT2D eigenvalue weighted by molar-refractivity contribution is 6.30. The molecule has 0 saturated heterocycles. The Morgan fingerprint density at radius 3 is 2.69 bits per heavy atom.